The van der Waals surface area contributed by atoms with Crippen LogP contribution in [0.4, 0.5) is 4.79 Å². The zero-order chi connectivity index (χ0) is 16.9. The Morgan fingerprint density at radius 2 is 2.12 bits per heavy atom. The summed E-state index contributed by atoms with van der Waals surface area (Å²) in [5, 5.41) is 12.5. The van der Waals surface area contributed by atoms with Gasteiger partial charge in [0.2, 0.25) is 0 Å². The monoisotopic (exact) mass is 333 g/mol. The molecule has 0 spiro atoms. The molecule has 3 aliphatic heterocycles. The zero-order valence-electron chi connectivity index (χ0n) is 14.3. The number of hydrogen-bond donors (Lipinski definition) is 2. The third-order valence-corrected chi connectivity index (χ3v) is 5.18. The van der Waals surface area contributed by atoms with E-state index in [-0.39, 0.29) is 18.7 Å². The first-order valence-corrected chi connectivity index (χ1v) is 8.72. The van der Waals surface area contributed by atoms with Crippen LogP contribution in [0.3, 0.4) is 0 Å². The van der Waals surface area contributed by atoms with Crippen molar-refractivity contribution in [3.8, 4) is 5.75 Å². The number of para-hydroxylation sites is 1. The topological polar surface area (TPSA) is 65.0 Å². The molecule has 1 atom stereocenters. The van der Waals surface area contributed by atoms with Gasteiger partial charge in [-0.05, 0) is 37.9 Å². The largest absolute Gasteiger partial charge is 0.496 e. The number of aliphatic hydroxyl groups is 1. The molecule has 0 aromatic heterocycles. The minimum atomic E-state index is -0.103. The van der Waals surface area contributed by atoms with Crippen LogP contribution in [0, 0.1) is 5.92 Å². The van der Waals surface area contributed by atoms with Gasteiger partial charge in [-0.3, -0.25) is 0 Å². The summed E-state index contributed by atoms with van der Waals surface area (Å²) in [5.41, 5.74) is 0.942. The van der Waals surface area contributed by atoms with Crippen LogP contribution in [-0.2, 0) is 6.54 Å². The van der Waals surface area contributed by atoms with Gasteiger partial charge in [-0.1, -0.05) is 18.2 Å². The molecule has 3 aliphatic rings. The Morgan fingerprint density at radius 3 is 2.75 bits per heavy atom. The summed E-state index contributed by atoms with van der Waals surface area (Å²) in [5.74, 6) is 1.34. The van der Waals surface area contributed by atoms with Crippen molar-refractivity contribution in [2.75, 3.05) is 39.9 Å². The minimum absolute atomic E-state index is 0.0528. The summed E-state index contributed by atoms with van der Waals surface area (Å²) >= 11 is 0. The number of carbonyl (C=O) groups excluding carboxylic acids is 1. The number of fused-ring (bicyclic) bond motifs is 3. The Morgan fingerprint density at radius 1 is 1.38 bits per heavy atom. The van der Waals surface area contributed by atoms with Gasteiger partial charge in [0.1, 0.15) is 5.75 Å². The highest BCUT2D eigenvalue weighted by molar-refractivity contribution is 5.74. The van der Waals surface area contributed by atoms with Crippen LogP contribution in [0.25, 0.3) is 0 Å². The van der Waals surface area contributed by atoms with Crippen molar-refractivity contribution in [2.45, 2.75) is 25.4 Å². The smallest absolute Gasteiger partial charge is 0.318 e. The van der Waals surface area contributed by atoms with Crippen LogP contribution in [0.5, 0.6) is 5.75 Å². The number of hydrogen-bond acceptors (Lipinski definition) is 4. The van der Waals surface area contributed by atoms with Crippen LogP contribution < -0.4 is 10.1 Å². The Bertz CT molecular complexity index is 558. The number of carbonyl (C=O) groups is 1. The highest BCUT2D eigenvalue weighted by Gasteiger charge is 2.35. The maximum Gasteiger partial charge on any atom is 0.318 e. The van der Waals surface area contributed by atoms with Crippen molar-refractivity contribution in [2.24, 2.45) is 5.92 Å². The van der Waals surface area contributed by atoms with E-state index in [1.807, 2.05) is 24.3 Å². The second-order valence-corrected chi connectivity index (χ2v) is 6.65. The number of benzene rings is 1. The second-order valence-electron chi connectivity index (χ2n) is 6.65. The van der Waals surface area contributed by atoms with Gasteiger partial charge in [0.25, 0.3) is 0 Å². The number of methoxy groups -OCH3 is 1. The molecule has 2 N–H and O–H groups in total. The van der Waals surface area contributed by atoms with Crippen molar-refractivity contribution in [3.63, 3.8) is 0 Å². The molecule has 1 aromatic carbocycles. The molecule has 6 heteroatoms. The first-order valence-electron chi connectivity index (χ1n) is 8.72. The molecule has 4 rings (SSSR count). The molecule has 132 valence electrons. The molecule has 0 unspecified atom stereocenters. The van der Waals surface area contributed by atoms with E-state index in [1.165, 1.54) is 0 Å². The van der Waals surface area contributed by atoms with Crippen molar-refractivity contribution >= 4 is 6.03 Å². The van der Waals surface area contributed by atoms with E-state index in [2.05, 4.69) is 10.2 Å². The van der Waals surface area contributed by atoms with E-state index in [4.69, 9.17) is 4.74 Å². The zero-order valence-corrected chi connectivity index (χ0v) is 14.3. The van der Waals surface area contributed by atoms with E-state index in [0.29, 0.717) is 19.0 Å². The lowest BCUT2D eigenvalue weighted by molar-refractivity contribution is 0.0718. The lowest BCUT2D eigenvalue weighted by Crippen LogP contribution is -2.59. The maximum absolute atomic E-state index is 12.7. The summed E-state index contributed by atoms with van der Waals surface area (Å²) < 4.78 is 5.37. The van der Waals surface area contributed by atoms with Crippen LogP contribution in [0.1, 0.15) is 18.4 Å². The Balaban J connectivity index is 1.65. The van der Waals surface area contributed by atoms with Crippen molar-refractivity contribution in [1.82, 2.24) is 15.1 Å². The van der Waals surface area contributed by atoms with Gasteiger partial charge in [0.15, 0.2) is 0 Å². The summed E-state index contributed by atoms with van der Waals surface area (Å²) in [7, 11) is 1.63. The summed E-state index contributed by atoms with van der Waals surface area (Å²) in [4.78, 5) is 16.8. The average molecular weight is 333 g/mol. The highest BCUT2D eigenvalue weighted by Crippen LogP contribution is 2.27. The van der Waals surface area contributed by atoms with Crippen LogP contribution >= 0.6 is 0 Å². The number of piperidine rings is 3. The first kappa shape index (κ1) is 17.0. The molecule has 3 heterocycles. The molecule has 3 saturated heterocycles. The van der Waals surface area contributed by atoms with E-state index < -0.39 is 0 Å². The predicted molar refractivity (Wildman–Crippen MR) is 92.0 cm³/mol. The van der Waals surface area contributed by atoms with E-state index in [9.17, 15) is 9.90 Å². The molecular formula is C18H27N3O3. The lowest BCUT2D eigenvalue weighted by Gasteiger charge is -2.45. The van der Waals surface area contributed by atoms with Gasteiger partial charge in [-0.2, -0.15) is 0 Å². The number of urea groups is 1. The van der Waals surface area contributed by atoms with Crippen LogP contribution in [-0.4, -0.2) is 66.9 Å². The SMILES string of the molecule is COc1ccccc1CN(CCO)C(=O)N[C@H]1CN2CCC1CC2. The first-order chi connectivity index (χ1) is 11.7. The Hall–Kier alpha value is -1.79. The van der Waals surface area contributed by atoms with E-state index in [0.717, 1.165) is 43.8 Å². The number of nitrogens with one attached hydrogen (secondary N) is 1. The van der Waals surface area contributed by atoms with Gasteiger partial charge < -0.3 is 25.0 Å². The molecular weight excluding hydrogens is 306 g/mol. The summed E-state index contributed by atoms with van der Waals surface area (Å²) in [6.45, 7) is 3.93. The fourth-order valence-corrected chi connectivity index (χ4v) is 3.79. The summed E-state index contributed by atoms with van der Waals surface area (Å²) in [6.07, 6.45) is 2.33. The highest BCUT2D eigenvalue weighted by atomic mass is 16.5. The minimum Gasteiger partial charge on any atom is -0.496 e. The van der Waals surface area contributed by atoms with Crippen molar-refractivity contribution in [1.29, 1.82) is 0 Å². The predicted octanol–water partition coefficient (Wildman–Crippen LogP) is 1.29. The molecule has 3 fully saturated rings. The molecule has 2 amide bonds. The van der Waals surface area contributed by atoms with Crippen molar-refractivity contribution in [3.05, 3.63) is 29.8 Å². The molecule has 6 nitrogen and oxygen atoms in total. The molecule has 24 heavy (non-hydrogen) atoms. The van der Waals surface area contributed by atoms with Crippen LogP contribution in [0.2, 0.25) is 0 Å². The Kier molecular flexibility index (Phi) is 5.58. The Labute approximate surface area is 143 Å². The lowest BCUT2D eigenvalue weighted by atomic mass is 9.84. The molecule has 0 aliphatic carbocycles. The number of rotatable bonds is 6. The molecule has 2 bridgehead atoms. The van der Waals surface area contributed by atoms with E-state index in [1.54, 1.807) is 12.0 Å². The second kappa shape index (κ2) is 7.85. The van der Waals surface area contributed by atoms with Crippen LogP contribution in [0.15, 0.2) is 24.3 Å². The number of ether oxygens (including phenoxy) is 1. The quantitative estimate of drug-likeness (QED) is 0.823. The van der Waals surface area contributed by atoms with Crippen molar-refractivity contribution < 1.29 is 14.6 Å². The van der Waals surface area contributed by atoms with Gasteiger partial charge in [-0.25, -0.2) is 4.79 Å². The number of amides is 2. The number of aliphatic hydroxyl groups excluding tert-OH is 1. The third-order valence-electron chi connectivity index (χ3n) is 5.18. The fourth-order valence-electron chi connectivity index (χ4n) is 3.79. The summed E-state index contributed by atoms with van der Waals surface area (Å²) in [6, 6.07) is 7.79. The third kappa shape index (κ3) is 3.82. The van der Waals surface area contributed by atoms with Gasteiger partial charge in [0.05, 0.1) is 20.3 Å². The molecule has 0 saturated carbocycles. The van der Waals surface area contributed by atoms with Gasteiger partial charge >= 0.3 is 6.03 Å². The molecule has 1 aromatic rings. The van der Waals surface area contributed by atoms with Gasteiger partial charge in [-0.15, -0.1) is 0 Å². The normalized spacial score (nSPS) is 25.3. The average Bonchev–Trinajstić information content (AvgIpc) is 2.62. The molecule has 0 radical (unpaired) electrons. The number of nitrogens with zero attached hydrogens (tertiary/aromatic N) is 2. The van der Waals surface area contributed by atoms with E-state index >= 15 is 0 Å². The maximum atomic E-state index is 12.7. The van der Waals surface area contributed by atoms with Gasteiger partial charge in [0, 0.05) is 24.7 Å². The fraction of sp³-hybridized carbons (Fsp3) is 0.611. The standard InChI is InChI=1S/C18H27N3O3/c1-24-17-5-3-2-4-15(17)12-21(10-11-22)18(23)19-16-13-20-8-6-14(16)7-9-20/h2-5,14,16,22H,6-13H2,1H3,(H,19,23)/t16-/m0/s1.